The second-order valence-electron chi connectivity index (χ2n) is 8.71. The lowest BCUT2D eigenvalue weighted by Crippen LogP contribution is -2.48. The van der Waals surface area contributed by atoms with E-state index in [9.17, 15) is 9.90 Å². The normalized spacial score (nSPS) is 20.6. The molecule has 0 bridgehead atoms. The van der Waals surface area contributed by atoms with Gasteiger partial charge in [0.25, 0.3) is 5.91 Å². The Bertz CT molecular complexity index is 607. The fourth-order valence-electron chi connectivity index (χ4n) is 4.36. The second kappa shape index (κ2) is 11.7. The topological polar surface area (TPSA) is 81.8 Å². The maximum atomic E-state index is 12.3. The van der Waals surface area contributed by atoms with Gasteiger partial charge in [0.15, 0.2) is 5.69 Å². The number of amides is 1. The zero-order valence-corrected chi connectivity index (χ0v) is 17.9. The molecule has 1 aliphatic carbocycles. The van der Waals surface area contributed by atoms with E-state index < -0.39 is 0 Å². The fourth-order valence-corrected chi connectivity index (χ4v) is 4.36. The van der Waals surface area contributed by atoms with Crippen molar-refractivity contribution in [1.82, 2.24) is 20.1 Å². The van der Waals surface area contributed by atoms with Crippen LogP contribution >= 0.6 is 0 Å². The summed E-state index contributed by atoms with van der Waals surface area (Å²) in [6.45, 7) is 8.02. The summed E-state index contributed by atoms with van der Waals surface area (Å²) in [7, 11) is 0. The smallest absolute Gasteiger partial charge is 0.273 e. The molecule has 7 heteroatoms. The van der Waals surface area contributed by atoms with E-state index in [1.807, 2.05) is 0 Å². The van der Waals surface area contributed by atoms with Crippen molar-refractivity contribution in [1.29, 1.82) is 0 Å². The van der Waals surface area contributed by atoms with Crippen molar-refractivity contribution in [2.45, 2.75) is 70.9 Å². The van der Waals surface area contributed by atoms with Crippen LogP contribution in [0.25, 0.3) is 0 Å². The number of oxazole rings is 1. The number of piperazine rings is 1. The first-order valence-corrected chi connectivity index (χ1v) is 11.5. The summed E-state index contributed by atoms with van der Waals surface area (Å²) in [5.41, 5.74) is 0.383. The van der Waals surface area contributed by atoms with E-state index in [2.05, 4.69) is 27.0 Å². The minimum absolute atomic E-state index is 0.128. The Morgan fingerprint density at radius 2 is 1.97 bits per heavy atom. The highest BCUT2D eigenvalue weighted by molar-refractivity contribution is 5.91. The van der Waals surface area contributed by atoms with Crippen LogP contribution in [-0.2, 0) is 6.54 Å². The second-order valence-corrected chi connectivity index (χ2v) is 8.71. The Balaban J connectivity index is 1.36. The molecule has 0 spiro atoms. The summed E-state index contributed by atoms with van der Waals surface area (Å²) in [4.78, 5) is 21.4. The highest BCUT2D eigenvalue weighted by atomic mass is 16.3. The summed E-state index contributed by atoms with van der Waals surface area (Å²) >= 11 is 0. The highest BCUT2D eigenvalue weighted by Crippen LogP contribution is 2.22. The van der Waals surface area contributed by atoms with Crippen LogP contribution in [0, 0.1) is 5.92 Å². The molecule has 29 heavy (non-hydrogen) atoms. The number of β-amino-alcohol motifs (C(OH)–C–C–N with tert-alkyl or cyclic N) is 1. The number of carbonyl (C=O) groups excluding carboxylic acids is 1. The number of nitrogens with one attached hydrogen (secondary N) is 1. The van der Waals surface area contributed by atoms with Gasteiger partial charge in [-0.05, 0) is 25.2 Å². The minimum Gasteiger partial charge on any atom is -0.447 e. The van der Waals surface area contributed by atoms with Gasteiger partial charge in [-0.25, -0.2) is 4.98 Å². The molecular weight excluding hydrogens is 368 g/mol. The number of rotatable bonds is 10. The van der Waals surface area contributed by atoms with Gasteiger partial charge in [0.2, 0.25) is 5.89 Å². The molecule has 1 saturated heterocycles. The fraction of sp³-hybridized carbons (Fsp3) is 0.818. The number of aliphatic hydroxyl groups excluding tert-OH is 1. The Morgan fingerprint density at radius 1 is 1.24 bits per heavy atom. The van der Waals surface area contributed by atoms with E-state index in [-0.39, 0.29) is 12.0 Å². The monoisotopic (exact) mass is 406 g/mol. The van der Waals surface area contributed by atoms with Crippen molar-refractivity contribution in [2.24, 2.45) is 5.92 Å². The maximum absolute atomic E-state index is 12.3. The van der Waals surface area contributed by atoms with E-state index >= 15 is 0 Å². The van der Waals surface area contributed by atoms with Gasteiger partial charge in [-0.15, -0.1) is 0 Å². The first-order chi connectivity index (χ1) is 14.1. The molecule has 1 unspecified atom stereocenters. The lowest BCUT2D eigenvalue weighted by atomic mass is 9.89. The van der Waals surface area contributed by atoms with Crippen LogP contribution in [0.1, 0.15) is 74.7 Å². The summed E-state index contributed by atoms with van der Waals surface area (Å²) in [6, 6.07) is 0. The lowest BCUT2D eigenvalue weighted by Gasteiger charge is -2.35. The van der Waals surface area contributed by atoms with Gasteiger partial charge in [-0.2, -0.15) is 0 Å². The predicted octanol–water partition coefficient (Wildman–Crippen LogP) is 2.65. The van der Waals surface area contributed by atoms with E-state index in [0.29, 0.717) is 24.0 Å². The summed E-state index contributed by atoms with van der Waals surface area (Å²) in [5, 5.41) is 13.1. The standard InChI is InChI=1S/C22H38N4O3/c1-2-3-9-19(27)15-25-10-12-26(13-11-25)16-21-24-20(17-29-21)22(28)23-14-18-7-5-4-6-8-18/h17-19,27H,2-16H2,1H3,(H,23,28). The number of unbranched alkanes of at least 4 members (excludes halogenated alkanes) is 1. The molecule has 2 aliphatic rings. The number of hydrogen-bond acceptors (Lipinski definition) is 6. The Labute approximate surface area is 174 Å². The quantitative estimate of drug-likeness (QED) is 0.622. The third kappa shape index (κ3) is 7.39. The molecule has 1 aromatic heterocycles. The number of hydrogen-bond donors (Lipinski definition) is 2. The molecule has 1 saturated carbocycles. The van der Waals surface area contributed by atoms with Crippen LogP contribution in [0.4, 0.5) is 0 Å². The van der Waals surface area contributed by atoms with Gasteiger partial charge in [-0.1, -0.05) is 39.0 Å². The zero-order chi connectivity index (χ0) is 20.5. The first-order valence-electron chi connectivity index (χ1n) is 11.5. The van der Waals surface area contributed by atoms with Crippen molar-refractivity contribution in [3.63, 3.8) is 0 Å². The summed E-state index contributed by atoms with van der Waals surface area (Å²) in [6.07, 6.45) is 10.7. The first kappa shape index (κ1) is 22.2. The van der Waals surface area contributed by atoms with Crippen LogP contribution in [0.2, 0.25) is 0 Å². The molecule has 2 heterocycles. The summed E-state index contributed by atoms with van der Waals surface area (Å²) < 4.78 is 5.55. The van der Waals surface area contributed by atoms with Crippen molar-refractivity contribution in [3.05, 3.63) is 17.8 Å². The average molecular weight is 407 g/mol. The molecule has 3 rings (SSSR count). The van der Waals surface area contributed by atoms with Gasteiger partial charge in [0.1, 0.15) is 6.26 Å². The molecule has 1 atom stereocenters. The zero-order valence-electron chi connectivity index (χ0n) is 17.9. The predicted molar refractivity (Wildman–Crippen MR) is 113 cm³/mol. The number of nitrogens with zero attached hydrogens (tertiary/aromatic N) is 3. The SMILES string of the molecule is CCCCC(O)CN1CCN(Cc2nc(C(=O)NCC3CCCCC3)co2)CC1. The van der Waals surface area contributed by atoms with Crippen molar-refractivity contribution >= 4 is 5.91 Å². The van der Waals surface area contributed by atoms with Crippen molar-refractivity contribution in [2.75, 3.05) is 39.3 Å². The molecule has 1 amide bonds. The molecule has 7 nitrogen and oxygen atoms in total. The van der Waals surface area contributed by atoms with Crippen LogP contribution < -0.4 is 5.32 Å². The van der Waals surface area contributed by atoms with Gasteiger partial charge in [0, 0.05) is 39.3 Å². The Kier molecular flexibility index (Phi) is 8.95. The number of carbonyl (C=O) groups is 1. The number of aliphatic hydroxyl groups is 1. The molecule has 164 valence electrons. The molecule has 2 N–H and O–H groups in total. The van der Waals surface area contributed by atoms with Crippen molar-refractivity contribution < 1.29 is 14.3 Å². The third-order valence-corrected chi connectivity index (χ3v) is 6.24. The van der Waals surface area contributed by atoms with Crippen LogP contribution in [0.3, 0.4) is 0 Å². The molecule has 0 radical (unpaired) electrons. The van der Waals surface area contributed by atoms with Crippen LogP contribution in [0.5, 0.6) is 0 Å². The van der Waals surface area contributed by atoms with E-state index in [1.165, 1.54) is 38.4 Å². The van der Waals surface area contributed by atoms with Gasteiger partial charge >= 0.3 is 0 Å². The molecule has 0 aromatic carbocycles. The Hall–Kier alpha value is -1.44. The maximum Gasteiger partial charge on any atom is 0.273 e. The summed E-state index contributed by atoms with van der Waals surface area (Å²) in [5.74, 6) is 1.08. The van der Waals surface area contributed by atoms with E-state index in [4.69, 9.17) is 4.42 Å². The van der Waals surface area contributed by atoms with Crippen molar-refractivity contribution in [3.8, 4) is 0 Å². The Morgan fingerprint density at radius 3 is 2.69 bits per heavy atom. The molecule has 1 aromatic rings. The molecule has 2 fully saturated rings. The van der Waals surface area contributed by atoms with E-state index in [1.54, 1.807) is 0 Å². The van der Waals surface area contributed by atoms with Gasteiger partial charge in [0.05, 0.1) is 12.6 Å². The lowest BCUT2D eigenvalue weighted by molar-refractivity contribution is 0.0627. The minimum atomic E-state index is -0.220. The van der Waals surface area contributed by atoms with Gasteiger partial charge < -0.3 is 14.8 Å². The van der Waals surface area contributed by atoms with Crippen LogP contribution in [-0.4, -0.2) is 71.2 Å². The number of aromatic nitrogens is 1. The highest BCUT2D eigenvalue weighted by Gasteiger charge is 2.22. The average Bonchev–Trinajstić information content (AvgIpc) is 3.21. The third-order valence-electron chi connectivity index (χ3n) is 6.24. The molecule has 1 aliphatic heterocycles. The van der Waals surface area contributed by atoms with E-state index in [0.717, 1.165) is 58.5 Å². The largest absolute Gasteiger partial charge is 0.447 e. The molecular formula is C22H38N4O3. The van der Waals surface area contributed by atoms with Gasteiger partial charge in [-0.3, -0.25) is 14.6 Å². The van der Waals surface area contributed by atoms with Crippen LogP contribution in [0.15, 0.2) is 10.7 Å².